The van der Waals surface area contributed by atoms with Crippen LogP contribution in [0, 0.1) is 13.8 Å². The van der Waals surface area contributed by atoms with E-state index in [4.69, 9.17) is 4.74 Å². The Kier molecular flexibility index (Phi) is 7.90. The highest BCUT2D eigenvalue weighted by Crippen LogP contribution is 2.27. The minimum absolute atomic E-state index is 0.0684. The number of ether oxygens (including phenoxy) is 1. The number of esters is 1. The van der Waals surface area contributed by atoms with Crippen LogP contribution in [0.25, 0.3) is 10.9 Å². The van der Waals surface area contributed by atoms with Crippen LogP contribution in [0.3, 0.4) is 0 Å². The smallest absolute Gasteiger partial charge is 0.327 e. The molecule has 0 saturated carbocycles. The predicted molar refractivity (Wildman–Crippen MR) is 137 cm³/mol. The number of pyridine rings is 1. The number of carbonyl (C=O) groups excluding carboxylic acids is 1. The Labute approximate surface area is 210 Å². The Morgan fingerprint density at radius 3 is 2.61 bits per heavy atom. The average molecular weight is 489 g/mol. The summed E-state index contributed by atoms with van der Waals surface area (Å²) in [4.78, 5) is 30.6. The first kappa shape index (κ1) is 25.2. The lowest BCUT2D eigenvalue weighted by Gasteiger charge is -2.30. The number of aryl methyl sites for hydroxylation is 2. The van der Waals surface area contributed by atoms with Gasteiger partial charge in [0.25, 0.3) is 5.56 Å². The number of hydrogen-bond donors (Lipinski definition) is 1. The van der Waals surface area contributed by atoms with Crippen molar-refractivity contribution in [2.24, 2.45) is 0 Å². The maximum absolute atomic E-state index is 13.2. The van der Waals surface area contributed by atoms with Gasteiger partial charge in [0.05, 0.1) is 18.2 Å². The molecule has 36 heavy (non-hydrogen) atoms. The minimum atomic E-state index is -0.396. The minimum Gasteiger partial charge on any atom is -0.465 e. The van der Waals surface area contributed by atoms with Gasteiger partial charge in [-0.1, -0.05) is 49.4 Å². The van der Waals surface area contributed by atoms with Gasteiger partial charge in [-0.2, -0.15) is 0 Å². The number of benzene rings is 2. The third-order valence-corrected chi connectivity index (χ3v) is 6.50. The van der Waals surface area contributed by atoms with Gasteiger partial charge in [0.1, 0.15) is 6.54 Å². The van der Waals surface area contributed by atoms with Gasteiger partial charge in [-0.05, 0) is 65.8 Å². The monoisotopic (exact) mass is 488 g/mol. The van der Waals surface area contributed by atoms with Gasteiger partial charge < -0.3 is 9.72 Å². The number of carbonyl (C=O) groups is 1. The lowest BCUT2D eigenvalue weighted by atomic mass is 10.0. The fourth-order valence-corrected chi connectivity index (χ4v) is 4.50. The van der Waals surface area contributed by atoms with Gasteiger partial charge in [-0.15, -0.1) is 5.10 Å². The second-order valence-corrected chi connectivity index (χ2v) is 8.91. The standard InChI is InChI=1S/C27H32N6O3/c1-5-23(26-29-30-31-33(26)17-24(34)36-6-2)32(15-20-10-8-7-9-11-20)16-22-14-21-13-12-18(3)19(4)25(21)28-27(22)35/h7-14,23H,5-6,15-17H2,1-4H3,(H,28,35)/t23-/m0/s1. The number of nitrogens with one attached hydrogen (secondary N) is 1. The summed E-state index contributed by atoms with van der Waals surface area (Å²) in [5.74, 6) is 0.164. The molecular weight excluding hydrogens is 456 g/mol. The molecule has 0 spiro atoms. The van der Waals surface area contributed by atoms with E-state index in [0.717, 1.165) is 27.6 Å². The van der Waals surface area contributed by atoms with Gasteiger partial charge in [-0.3, -0.25) is 14.5 Å². The molecule has 4 aromatic rings. The highest BCUT2D eigenvalue weighted by molar-refractivity contribution is 5.83. The van der Waals surface area contributed by atoms with Crippen molar-refractivity contribution in [3.05, 3.63) is 87.0 Å². The van der Waals surface area contributed by atoms with E-state index in [0.29, 0.717) is 30.9 Å². The second kappa shape index (κ2) is 11.3. The molecule has 188 valence electrons. The fourth-order valence-electron chi connectivity index (χ4n) is 4.50. The molecule has 0 aliphatic rings. The maximum Gasteiger partial charge on any atom is 0.327 e. The molecule has 9 nitrogen and oxygen atoms in total. The van der Waals surface area contributed by atoms with E-state index in [1.807, 2.05) is 51.1 Å². The molecule has 1 N–H and O–H groups in total. The first-order chi connectivity index (χ1) is 17.4. The first-order valence-corrected chi connectivity index (χ1v) is 12.2. The van der Waals surface area contributed by atoms with Crippen molar-refractivity contribution in [3.63, 3.8) is 0 Å². The molecule has 2 aromatic carbocycles. The molecule has 0 bridgehead atoms. The number of hydrogen-bond acceptors (Lipinski definition) is 7. The van der Waals surface area contributed by atoms with Crippen molar-refractivity contribution >= 4 is 16.9 Å². The summed E-state index contributed by atoms with van der Waals surface area (Å²) in [6.45, 7) is 9.05. The lowest BCUT2D eigenvalue weighted by molar-refractivity contribution is -0.144. The number of nitrogens with zero attached hydrogens (tertiary/aromatic N) is 5. The number of fused-ring (bicyclic) bond motifs is 1. The van der Waals surface area contributed by atoms with Gasteiger partial charge in [-0.25, -0.2) is 4.68 Å². The van der Waals surface area contributed by atoms with Crippen LogP contribution in [-0.2, 0) is 29.2 Å². The van der Waals surface area contributed by atoms with Crippen molar-refractivity contribution in [2.45, 2.75) is 59.8 Å². The predicted octanol–water partition coefficient (Wildman–Crippen LogP) is 3.85. The highest BCUT2D eigenvalue weighted by Gasteiger charge is 2.27. The van der Waals surface area contributed by atoms with Crippen LogP contribution in [0.15, 0.2) is 53.3 Å². The van der Waals surface area contributed by atoms with Gasteiger partial charge in [0.2, 0.25) is 0 Å². The maximum atomic E-state index is 13.2. The molecule has 9 heteroatoms. The topological polar surface area (TPSA) is 106 Å². The van der Waals surface area contributed by atoms with Crippen LogP contribution >= 0.6 is 0 Å². The molecule has 0 saturated heterocycles. The normalized spacial score (nSPS) is 12.2. The molecule has 1 atom stereocenters. The molecule has 2 heterocycles. The van der Waals surface area contributed by atoms with Crippen molar-refractivity contribution in [1.82, 2.24) is 30.1 Å². The Bertz CT molecular complexity index is 1400. The van der Waals surface area contributed by atoms with Crippen molar-refractivity contribution in [2.75, 3.05) is 6.61 Å². The summed E-state index contributed by atoms with van der Waals surface area (Å²) in [6, 6.07) is 15.9. The van der Waals surface area contributed by atoms with Gasteiger partial charge >= 0.3 is 5.97 Å². The number of aromatic nitrogens is 5. The molecule has 0 amide bonds. The molecule has 0 aliphatic carbocycles. The van der Waals surface area contributed by atoms with E-state index in [-0.39, 0.29) is 24.8 Å². The first-order valence-electron chi connectivity index (χ1n) is 12.2. The molecule has 0 aliphatic heterocycles. The molecule has 0 radical (unpaired) electrons. The summed E-state index contributed by atoms with van der Waals surface area (Å²) < 4.78 is 6.58. The number of aromatic amines is 1. The van der Waals surface area contributed by atoms with E-state index in [1.165, 1.54) is 4.68 Å². The lowest BCUT2D eigenvalue weighted by Crippen LogP contribution is -2.33. The average Bonchev–Trinajstić information content (AvgIpc) is 3.31. The van der Waals surface area contributed by atoms with E-state index in [2.05, 4.69) is 43.6 Å². The third kappa shape index (κ3) is 5.52. The van der Waals surface area contributed by atoms with Crippen molar-refractivity contribution < 1.29 is 9.53 Å². The van der Waals surface area contributed by atoms with Gasteiger partial charge in [0, 0.05) is 18.7 Å². The Morgan fingerprint density at radius 2 is 1.89 bits per heavy atom. The zero-order chi connectivity index (χ0) is 25.7. The summed E-state index contributed by atoms with van der Waals surface area (Å²) in [7, 11) is 0. The van der Waals surface area contributed by atoms with Crippen LogP contribution in [0.4, 0.5) is 0 Å². The zero-order valence-electron chi connectivity index (χ0n) is 21.2. The second-order valence-electron chi connectivity index (χ2n) is 8.91. The third-order valence-electron chi connectivity index (χ3n) is 6.50. The molecule has 0 unspecified atom stereocenters. The molecular formula is C27H32N6O3. The van der Waals surface area contributed by atoms with Gasteiger partial charge in [0.15, 0.2) is 5.82 Å². The van der Waals surface area contributed by atoms with E-state index in [9.17, 15) is 9.59 Å². The van der Waals surface area contributed by atoms with Crippen molar-refractivity contribution in [1.29, 1.82) is 0 Å². The van der Waals surface area contributed by atoms with Crippen LogP contribution in [-0.4, -0.2) is 42.7 Å². The molecule has 0 fully saturated rings. The zero-order valence-corrected chi connectivity index (χ0v) is 21.2. The molecule has 4 rings (SSSR count). The van der Waals surface area contributed by atoms with E-state index >= 15 is 0 Å². The summed E-state index contributed by atoms with van der Waals surface area (Å²) in [5, 5.41) is 13.1. The summed E-state index contributed by atoms with van der Waals surface area (Å²) in [6.07, 6.45) is 0.680. The largest absolute Gasteiger partial charge is 0.465 e. The number of H-pyrrole nitrogens is 1. The quantitative estimate of drug-likeness (QED) is 0.338. The van der Waals surface area contributed by atoms with E-state index < -0.39 is 5.97 Å². The van der Waals surface area contributed by atoms with Crippen molar-refractivity contribution in [3.8, 4) is 0 Å². The Balaban J connectivity index is 1.72. The number of rotatable bonds is 10. The SMILES string of the molecule is CCOC(=O)Cn1nnnc1[C@H](CC)N(Cc1ccccc1)Cc1cc2ccc(C)c(C)c2[nH]c1=O. The summed E-state index contributed by atoms with van der Waals surface area (Å²) in [5.41, 5.74) is 4.71. The highest BCUT2D eigenvalue weighted by atomic mass is 16.5. The van der Waals surface area contributed by atoms with Crippen LogP contribution < -0.4 is 5.56 Å². The molecule has 2 aromatic heterocycles. The fraction of sp³-hybridized carbons (Fsp3) is 0.370. The van der Waals surface area contributed by atoms with Crippen LogP contribution in [0.2, 0.25) is 0 Å². The van der Waals surface area contributed by atoms with Crippen LogP contribution in [0.1, 0.15) is 54.4 Å². The van der Waals surface area contributed by atoms with E-state index in [1.54, 1.807) is 6.92 Å². The van der Waals surface area contributed by atoms with Crippen LogP contribution in [0.5, 0.6) is 0 Å². The Morgan fingerprint density at radius 1 is 1.11 bits per heavy atom. The Hall–Kier alpha value is -3.85. The summed E-state index contributed by atoms with van der Waals surface area (Å²) >= 11 is 0. The number of tetrazole rings is 1.